The second-order valence-corrected chi connectivity index (χ2v) is 7.63. The molecule has 0 unspecified atom stereocenters. The van der Waals surface area contributed by atoms with Crippen LogP contribution in [0.2, 0.25) is 0 Å². The largest absolute Gasteiger partial charge is 0.365 e. The van der Waals surface area contributed by atoms with E-state index in [1.165, 1.54) is 0 Å². The SMILES string of the molecule is Cc1cccc(N[C@H]2SC(=O)N(CCN3C(=O)c4ccccc4C3=O)C2=O)c1. The van der Waals surface area contributed by atoms with Crippen molar-refractivity contribution in [1.29, 1.82) is 0 Å². The summed E-state index contributed by atoms with van der Waals surface area (Å²) in [6.45, 7) is 1.89. The molecule has 142 valence electrons. The van der Waals surface area contributed by atoms with Crippen LogP contribution in [-0.2, 0) is 4.79 Å². The van der Waals surface area contributed by atoms with Crippen LogP contribution in [-0.4, -0.2) is 51.2 Å². The highest BCUT2D eigenvalue weighted by Crippen LogP contribution is 2.29. The first-order valence-corrected chi connectivity index (χ1v) is 9.64. The molecule has 7 nitrogen and oxygen atoms in total. The van der Waals surface area contributed by atoms with Crippen molar-refractivity contribution in [1.82, 2.24) is 9.80 Å². The summed E-state index contributed by atoms with van der Waals surface area (Å²) in [5.74, 6) is -1.18. The molecule has 0 spiro atoms. The monoisotopic (exact) mass is 395 g/mol. The third-order valence-corrected chi connectivity index (χ3v) is 5.65. The van der Waals surface area contributed by atoms with E-state index in [0.717, 1.165) is 32.8 Å². The number of nitrogens with zero attached hydrogens (tertiary/aromatic N) is 2. The number of anilines is 1. The zero-order valence-electron chi connectivity index (χ0n) is 15.0. The molecule has 0 aliphatic carbocycles. The Labute approximate surface area is 165 Å². The zero-order chi connectivity index (χ0) is 19.8. The van der Waals surface area contributed by atoms with Crippen molar-refractivity contribution in [2.45, 2.75) is 12.3 Å². The van der Waals surface area contributed by atoms with Gasteiger partial charge in [-0.15, -0.1) is 0 Å². The van der Waals surface area contributed by atoms with E-state index in [0.29, 0.717) is 11.1 Å². The summed E-state index contributed by atoms with van der Waals surface area (Å²) in [5, 5.41) is 1.93. The van der Waals surface area contributed by atoms with E-state index in [1.807, 2.05) is 31.2 Å². The fourth-order valence-electron chi connectivity index (χ4n) is 3.27. The first kappa shape index (κ1) is 18.2. The molecule has 0 saturated carbocycles. The van der Waals surface area contributed by atoms with Crippen molar-refractivity contribution >= 4 is 40.4 Å². The topological polar surface area (TPSA) is 86.8 Å². The van der Waals surface area contributed by atoms with Gasteiger partial charge in [0.2, 0.25) is 0 Å². The van der Waals surface area contributed by atoms with Gasteiger partial charge in [0.05, 0.1) is 11.1 Å². The molecule has 2 aliphatic rings. The second kappa shape index (κ2) is 7.12. The van der Waals surface area contributed by atoms with Crippen LogP contribution < -0.4 is 5.32 Å². The minimum Gasteiger partial charge on any atom is -0.365 e. The van der Waals surface area contributed by atoms with Crippen LogP contribution >= 0.6 is 11.8 Å². The Bertz CT molecular complexity index is 971. The molecule has 4 rings (SSSR count). The molecule has 0 bridgehead atoms. The van der Waals surface area contributed by atoms with Crippen molar-refractivity contribution in [3.8, 4) is 0 Å². The highest BCUT2D eigenvalue weighted by atomic mass is 32.2. The van der Waals surface area contributed by atoms with E-state index in [4.69, 9.17) is 0 Å². The van der Waals surface area contributed by atoms with E-state index in [2.05, 4.69) is 5.32 Å². The van der Waals surface area contributed by atoms with E-state index in [1.54, 1.807) is 24.3 Å². The minimum atomic E-state index is -0.725. The maximum absolute atomic E-state index is 12.6. The number of carbonyl (C=O) groups is 4. The van der Waals surface area contributed by atoms with Gasteiger partial charge in [-0.3, -0.25) is 29.0 Å². The van der Waals surface area contributed by atoms with Gasteiger partial charge in [-0.2, -0.15) is 0 Å². The Morgan fingerprint density at radius 2 is 1.54 bits per heavy atom. The number of benzene rings is 2. The van der Waals surface area contributed by atoms with Gasteiger partial charge in [0.15, 0.2) is 5.37 Å². The fraction of sp³-hybridized carbons (Fsp3) is 0.200. The predicted octanol–water partition coefficient (Wildman–Crippen LogP) is 2.72. The van der Waals surface area contributed by atoms with E-state index in [9.17, 15) is 19.2 Å². The Kier molecular flexibility index (Phi) is 4.64. The minimum absolute atomic E-state index is 0.0257. The number of imide groups is 2. The van der Waals surface area contributed by atoms with Crippen LogP contribution in [0, 0.1) is 6.92 Å². The van der Waals surface area contributed by atoms with Crippen LogP contribution in [0.15, 0.2) is 48.5 Å². The number of thioether (sulfide) groups is 1. The number of hydrogen-bond acceptors (Lipinski definition) is 6. The molecule has 2 aromatic carbocycles. The lowest BCUT2D eigenvalue weighted by Gasteiger charge is -2.19. The first-order chi connectivity index (χ1) is 13.5. The summed E-state index contributed by atoms with van der Waals surface area (Å²) >= 11 is 0.892. The molecular formula is C20H17N3O4S. The molecule has 1 N–H and O–H groups in total. The number of carbonyl (C=O) groups excluding carboxylic acids is 4. The molecule has 2 aromatic rings. The summed E-state index contributed by atoms with van der Waals surface area (Å²) in [6.07, 6.45) is 0. The quantitative estimate of drug-likeness (QED) is 0.784. The second-order valence-electron chi connectivity index (χ2n) is 6.58. The van der Waals surface area contributed by atoms with Gasteiger partial charge in [-0.05, 0) is 48.5 Å². The molecule has 28 heavy (non-hydrogen) atoms. The standard InChI is InChI=1S/C20H17N3O4S/c1-12-5-4-6-13(11-12)21-16-19(26)23(20(27)28-16)10-9-22-17(24)14-7-2-3-8-15(14)18(22)25/h2-8,11,16,21H,9-10H2,1H3/t16-/m0/s1. The van der Waals surface area contributed by atoms with Gasteiger partial charge in [-0.25, -0.2) is 0 Å². The van der Waals surface area contributed by atoms with Crippen LogP contribution in [0.4, 0.5) is 10.5 Å². The third-order valence-electron chi connectivity index (χ3n) is 4.67. The average molecular weight is 395 g/mol. The Morgan fingerprint density at radius 3 is 2.18 bits per heavy atom. The third kappa shape index (κ3) is 3.16. The normalized spacial score (nSPS) is 18.8. The van der Waals surface area contributed by atoms with Gasteiger partial charge in [0.1, 0.15) is 0 Å². The van der Waals surface area contributed by atoms with E-state index >= 15 is 0 Å². The molecule has 0 aromatic heterocycles. The lowest BCUT2D eigenvalue weighted by atomic mass is 10.1. The first-order valence-electron chi connectivity index (χ1n) is 8.76. The predicted molar refractivity (Wildman–Crippen MR) is 105 cm³/mol. The fourth-order valence-corrected chi connectivity index (χ4v) is 4.20. The number of nitrogens with one attached hydrogen (secondary N) is 1. The number of aryl methyl sites for hydroxylation is 1. The summed E-state index contributed by atoms with van der Waals surface area (Å²) in [5.41, 5.74) is 2.48. The zero-order valence-corrected chi connectivity index (χ0v) is 15.9. The van der Waals surface area contributed by atoms with E-state index < -0.39 is 22.4 Å². The number of hydrogen-bond donors (Lipinski definition) is 1. The van der Waals surface area contributed by atoms with Crippen LogP contribution in [0.1, 0.15) is 26.3 Å². The van der Waals surface area contributed by atoms with Gasteiger partial charge in [-0.1, -0.05) is 24.3 Å². The van der Waals surface area contributed by atoms with Crippen molar-refractivity contribution < 1.29 is 19.2 Å². The van der Waals surface area contributed by atoms with Crippen molar-refractivity contribution in [3.63, 3.8) is 0 Å². The van der Waals surface area contributed by atoms with Gasteiger partial charge < -0.3 is 5.32 Å². The highest BCUT2D eigenvalue weighted by molar-refractivity contribution is 8.15. The molecule has 0 radical (unpaired) electrons. The lowest BCUT2D eigenvalue weighted by Crippen LogP contribution is -2.41. The smallest absolute Gasteiger partial charge is 0.290 e. The average Bonchev–Trinajstić information content (AvgIpc) is 3.08. The number of rotatable bonds is 5. The summed E-state index contributed by atoms with van der Waals surface area (Å²) in [6, 6.07) is 14.1. The Morgan fingerprint density at radius 1 is 0.893 bits per heavy atom. The van der Waals surface area contributed by atoms with E-state index in [-0.39, 0.29) is 19.0 Å². The van der Waals surface area contributed by atoms with Crippen molar-refractivity contribution in [2.75, 3.05) is 18.4 Å². The van der Waals surface area contributed by atoms with Gasteiger partial charge in [0.25, 0.3) is 23.0 Å². The lowest BCUT2D eigenvalue weighted by molar-refractivity contribution is -0.126. The Hall–Kier alpha value is -3.13. The van der Waals surface area contributed by atoms with Gasteiger partial charge >= 0.3 is 0 Å². The van der Waals surface area contributed by atoms with Crippen LogP contribution in [0.25, 0.3) is 0 Å². The van der Waals surface area contributed by atoms with Crippen LogP contribution in [0.5, 0.6) is 0 Å². The number of amides is 4. The summed E-state index contributed by atoms with van der Waals surface area (Å²) in [4.78, 5) is 51.9. The Balaban J connectivity index is 1.42. The van der Waals surface area contributed by atoms with Crippen molar-refractivity contribution in [3.05, 3.63) is 65.2 Å². The molecule has 1 atom stereocenters. The maximum atomic E-state index is 12.6. The van der Waals surface area contributed by atoms with Crippen molar-refractivity contribution in [2.24, 2.45) is 0 Å². The van der Waals surface area contributed by atoms with Gasteiger partial charge in [0, 0.05) is 18.8 Å². The highest BCUT2D eigenvalue weighted by Gasteiger charge is 2.41. The molecule has 1 fully saturated rings. The summed E-state index contributed by atoms with van der Waals surface area (Å²) in [7, 11) is 0. The number of fused-ring (bicyclic) bond motifs is 1. The molecule has 8 heteroatoms. The molecular weight excluding hydrogens is 378 g/mol. The molecule has 2 aliphatic heterocycles. The molecule has 2 heterocycles. The summed E-state index contributed by atoms with van der Waals surface area (Å²) < 4.78 is 0. The van der Waals surface area contributed by atoms with Crippen LogP contribution in [0.3, 0.4) is 0 Å². The molecule has 1 saturated heterocycles. The maximum Gasteiger partial charge on any atom is 0.290 e. The molecule has 4 amide bonds.